The minimum absolute atomic E-state index is 0.0645. The van der Waals surface area contributed by atoms with Crippen molar-refractivity contribution in [3.05, 3.63) is 78.5 Å². The number of hydrogen-bond donors (Lipinski definition) is 1. The van der Waals surface area contributed by atoms with Crippen molar-refractivity contribution < 1.29 is 38.4 Å². The molecule has 3 aromatic rings. The van der Waals surface area contributed by atoms with E-state index >= 15 is 0 Å². The Kier molecular flexibility index (Phi) is 9.13. The second-order valence-corrected chi connectivity index (χ2v) is 9.75. The van der Waals surface area contributed by atoms with Gasteiger partial charge in [-0.25, -0.2) is 14.6 Å². The van der Waals surface area contributed by atoms with Crippen LogP contribution in [0.2, 0.25) is 0 Å². The number of phenolic OH excluding ortho intramolecular Hbond substituents is 1. The molecule has 0 fully saturated rings. The summed E-state index contributed by atoms with van der Waals surface area (Å²) in [5, 5.41) is 10.2. The van der Waals surface area contributed by atoms with E-state index < -0.39 is 18.0 Å². The third-order valence-corrected chi connectivity index (χ3v) is 7.16. The summed E-state index contributed by atoms with van der Waals surface area (Å²) in [4.78, 5) is 43.6. The second kappa shape index (κ2) is 12.7. The molecule has 0 aliphatic carbocycles. The number of allylic oxidation sites excluding steroid dienone is 1. The van der Waals surface area contributed by atoms with Crippen LogP contribution in [-0.4, -0.2) is 55.7 Å². The van der Waals surface area contributed by atoms with E-state index in [9.17, 15) is 19.5 Å². The maximum atomic E-state index is 13.8. The molecular weight excluding hydrogens is 552 g/mol. The average Bonchev–Trinajstić information content (AvgIpc) is 3.25. The SMILES string of the molecule is CCOC(=O)C1=C(C)N=c2s/c(=C/c3ccc(OC)c(O)c3)c(=O)n2[C@@H]1c1ccc(OCC(=O)OC)c(OCC)c1. The quantitative estimate of drug-likeness (QED) is 0.358. The number of methoxy groups -OCH3 is 2. The highest BCUT2D eigenvalue weighted by molar-refractivity contribution is 7.07. The number of carbonyl (C=O) groups excluding carboxylic acids is 2. The standard InChI is InChI=1S/C29H30N2O9S/c1-6-38-22-14-18(9-11-21(22)40-15-24(33)37-5)26-25(28(35)39-7-2)16(3)30-29-31(26)27(34)23(41-29)13-17-8-10-20(36-4)19(32)12-17/h8-14,26,32H,6-7,15H2,1-5H3/b23-13+/t26-/m1/s1. The van der Waals surface area contributed by atoms with Gasteiger partial charge >= 0.3 is 11.9 Å². The summed E-state index contributed by atoms with van der Waals surface area (Å²) in [6.45, 7) is 5.30. The number of fused-ring (bicyclic) bond motifs is 1. The third-order valence-electron chi connectivity index (χ3n) is 6.17. The molecule has 0 unspecified atom stereocenters. The van der Waals surface area contributed by atoms with Crippen molar-refractivity contribution in [2.75, 3.05) is 34.0 Å². The third kappa shape index (κ3) is 6.12. The molecule has 1 aliphatic rings. The maximum Gasteiger partial charge on any atom is 0.343 e. The summed E-state index contributed by atoms with van der Waals surface area (Å²) < 4.78 is 28.3. The average molecular weight is 583 g/mol. The molecule has 0 amide bonds. The summed E-state index contributed by atoms with van der Waals surface area (Å²) >= 11 is 1.16. The molecule has 4 rings (SSSR count). The largest absolute Gasteiger partial charge is 0.504 e. The molecule has 0 bridgehead atoms. The predicted octanol–water partition coefficient (Wildman–Crippen LogP) is 2.46. The summed E-state index contributed by atoms with van der Waals surface area (Å²) in [5.74, 6) is -0.296. The summed E-state index contributed by atoms with van der Waals surface area (Å²) in [6, 6.07) is 8.88. The van der Waals surface area contributed by atoms with E-state index in [-0.39, 0.29) is 30.1 Å². The molecule has 0 radical (unpaired) electrons. The van der Waals surface area contributed by atoms with Gasteiger partial charge in [-0.15, -0.1) is 0 Å². The second-order valence-electron chi connectivity index (χ2n) is 8.74. The van der Waals surface area contributed by atoms with Gasteiger partial charge in [0.1, 0.15) is 0 Å². The molecule has 0 saturated heterocycles. The van der Waals surface area contributed by atoms with E-state index in [1.54, 1.807) is 57.2 Å². The monoisotopic (exact) mass is 582 g/mol. The molecule has 2 heterocycles. The van der Waals surface area contributed by atoms with Crippen LogP contribution in [-0.2, 0) is 19.1 Å². The smallest absolute Gasteiger partial charge is 0.343 e. The molecule has 0 spiro atoms. The first-order chi connectivity index (χ1) is 19.7. The number of phenols is 1. The summed E-state index contributed by atoms with van der Waals surface area (Å²) in [7, 11) is 2.71. The molecule has 1 atom stereocenters. The topological polar surface area (TPSA) is 135 Å². The molecule has 1 N–H and O–H groups in total. The Morgan fingerprint density at radius 3 is 2.46 bits per heavy atom. The van der Waals surface area contributed by atoms with Crippen molar-refractivity contribution >= 4 is 29.4 Å². The van der Waals surface area contributed by atoms with E-state index in [1.807, 2.05) is 0 Å². The van der Waals surface area contributed by atoms with Crippen LogP contribution >= 0.6 is 11.3 Å². The lowest BCUT2D eigenvalue weighted by Gasteiger charge is -2.25. The van der Waals surface area contributed by atoms with Crippen LogP contribution in [0.3, 0.4) is 0 Å². The molecule has 0 saturated carbocycles. The molecule has 11 nitrogen and oxygen atoms in total. The lowest BCUT2D eigenvalue weighted by Crippen LogP contribution is -2.40. The number of ether oxygens (including phenoxy) is 5. The molecule has 1 aliphatic heterocycles. The van der Waals surface area contributed by atoms with E-state index in [4.69, 9.17) is 18.9 Å². The number of aromatic hydroxyl groups is 1. The number of hydrogen-bond acceptors (Lipinski definition) is 11. The maximum absolute atomic E-state index is 13.8. The van der Waals surface area contributed by atoms with Crippen LogP contribution in [0.1, 0.15) is 37.9 Å². The van der Waals surface area contributed by atoms with E-state index in [2.05, 4.69) is 9.73 Å². The number of benzene rings is 2. The highest BCUT2D eigenvalue weighted by atomic mass is 32.1. The van der Waals surface area contributed by atoms with Gasteiger partial charge in [-0.2, -0.15) is 0 Å². The van der Waals surface area contributed by atoms with Crippen LogP contribution in [0.4, 0.5) is 0 Å². The fourth-order valence-electron chi connectivity index (χ4n) is 4.33. The first-order valence-corrected chi connectivity index (χ1v) is 13.6. The van der Waals surface area contributed by atoms with Gasteiger partial charge in [0.25, 0.3) is 5.56 Å². The minimum atomic E-state index is -0.884. The number of thiazole rings is 1. The van der Waals surface area contributed by atoms with Gasteiger partial charge in [0.05, 0.1) is 49.3 Å². The first kappa shape index (κ1) is 29.4. The van der Waals surface area contributed by atoms with E-state index in [1.165, 1.54) is 24.9 Å². The zero-order valence-corrected chi connectivity index (χ0v) is 24.1. The lowest BCUT2D eigenvalue weighted by molar-refractivity contribution is -0.143. The van der Waals surface area contributed by atoms with Crippen molar-refractivity contribution in [3.8, 4) is 23.0 Å². The fraction of sp³-hybridized carbons (Fsp3) is 0.310. The van der Waals surface area contributed by atoms with Gasteiger partial charge in [0.2, 0.25) is 0 Å². The van der Waals surface area contributed by atoms with Gasteiger partial charge in [-0.3, -0.25) is 9.36 Å². The molecule has 12 heteroatoms. The van der Waals surface area contributed by atoms with Crippen molar-refractivity contribution in [2.24, 2.45) is 4.99 Å². The Balaban J connectivity index is 1.89. The minimum Gasteiger partial charge on any atom is -0.504 e. The molecule has 41 heavy (non-hydrogen) atoms. The summed E-state index contributed by atoms with van der Waals surface area (Å²) in [5.41, 5.74) is 1.36. The van der Waals surface area contributed by atoms with Crippen LogP contribution < -0.4 is 29.1 Å². The number of carbonyl (C=O) groups is 2. The number of aromatic nitrogens is 1. The summed E-state index contributed by atoms with van der Waals surface area (Å²) in [6.07, 6.45) is 1.64. The molecule has 216 valence electrons. The highest BCUT2D eigenvalue weighted by Crippen LogP contribution is 2.36. The van der Waals surface area contributed by atoms with Crippen LogP contribution in [0.25, 0.3) is 6.08 Å². The van der Waals surface area contributed by atoms with Crippen molar-refractivity contribution in [3.63, 3.8) is 0 Å². The van der Waals surface area contributed by atoms with Crippen molar-refractivity contribution in [1.29, 1.82) is 0 Å². The normalized spacial score (nSPS) is 14.7. The van der Waals surface area contributed by atoms with Crippen LogP contribution in [0.15, 0.2) is 57.5 Å². The molecule has 2 aromatic carbocycles. The van der Waals surface area contributed by atoms with Crippen molar-refractivity contribution in [1.82, 2.24) is 4.57 Å². The van der Waals surface area contributed by atoms with E-state index in [0.29, 0.717) is 50.0 Å². The molecule has 1 aromatic heterocycles. The Hall–Kier alpha value is -4.58. The van der Waals surface area contributed by atoms with Gasteiger partial charge in [-0.1, -0.05) is 23.5 Å². The zero-order chi connectivity index (χ0) is 29.7. The predicted molar refractivity (Wildman–Crippen MR) is 150 cm³/mol. The first-order valence-electron chi connectivity index (χ1n) is 12.7. The van der Waals surface area contributed by atoms with Gasteiger partial charge in [0, 0.05) is 0 Å². The van der Waals surface area contributed by atoms with E-state index in [0.717, 1.165) is 11.3 Å². The number of rotatable bonds is 10. The van der Waals surface area contributed by atoms with Crippen molar-refractivity contribution in [2.45, 2.75) is 26.8 Å². The Morgan fingerprint density at radius 2 is 1.80 bits per heavy atom. The number of esters is 2. The van der Waals surface area contributed by atoms with Crippen LogP contribution in [0.5, 0.6) is 23.0 Å². The lowest BCUT2D eigenvalue weighted by atomic mass is 9.95. The Labute approximate surface area is 239 Å². The van der Waals surface area contributed by atoms with Crippen LogP contribution in [0, 0.1) is 0 Å². The van der Waals surface area contributed by atoms with Gasteiger partial charge < -0.3 is 28.8 Å². The Morgan fingerprint density at radius 1 is 1.05 bits per heavy atom. The molecular formula is C29H30N2O9S. The highest BCUT2D eigenvalue weighted by Gasteiger charge is 2.34. The zero-order valence-electron chi connectivity index (χ0n) is 23.3. The van der Waals surface area contributed by atoms with Gasteiger partial charge in [-0.05, 0) is 62.2 Å². The fourth-order valence-corrected chi connectivity index (χ4v) is 5.38. The van der Waals surface area contributed by atoms with Gasteiger partial charge in [0.15, 0.2) is 34.4 Å². The number of nitrogens with zero attached hydrogens (tertiary/aromatic N) is 2. The Bertz CT molecular complexity index is 1690.